The SMILES string of the molecule is CCc1nc([C@@H](N)Cc2ccc([N+](=O)[O-])cc2)cs1.CCc1nc([C@H](Cc2ccc(NS(=O)(=O)[O-])cc2)NC(=O)[C@H](Cc2ccccc2)NC(C)=O)cs1.CCc1nc([C@H](Cc2ccc([N+](=O)[O-])cc2)NC(=O)[C@H](Cc2ccccc2)NC(C)=O)cs1.CCc1nc([C@H](Cc2ccc([N+](=O)[O-])cc2)NC(=O)[C@H](Cc2ccccc2)NC(C)=O)cs1.[NH4+]. The van der Waals surface area contributed by atoms with Crippen molar-refractivity contribution in [2.45, 2.75) is 161 Å². The maximum Gasteiger partial charge on any atom is 0.269 e. The summed E-state index contributed by atoms with van der Waals surface area (Å²) in [6.45, 7) is 12.2. The molecule has 31 nitrogen and oxygen atoms in total. The van der Waals surface area contributed by atoms with Gasteiger partial charge in [-0.25, -0.2) is 28.4 Å². The first-order valence-corrected chi connectivity index (χ1v) is 43.3. The zero-order valence-corrected chi connectivity index (χ0v) is 72.0. The van der Waals surface area contributed by atoms with E-state index < -0.39 is 61.3 Å². The molecule has 7 atom stereocenters. The number of nitro benzene ring substituents is 3. The number of rotatable bonds is 36. The van der Waals surface area contributed by atoms with E-state index in [2.05, 4.69) is 58.8 Å². The first-order valence-electron chi connectivity index (χ1n) is 38.3. The largest absolute Gasteiger partial charge is 0.731 e. The van der Waals surface area contributed by atoms with Crippen molar-refractivity contribution in [3.63, 3.8) is 0 Å². The number of aryl methyl sites for hydroxylation is 4. The lowest BCUT2D eigenvalue weighted by molar-refractivity contribution is -0.385. The van der Waals surface area contributed by atoms with E-state index in [0.29, 0.717) is 50.6 Å². The van der Waals surface area contributed by atoms with E-state index in [1.165, 1.54) is 103 Å². The number of carbonyl (C=O) groups is 6. The van der Waals surface area contributed by atoms with Crippen LogP contribution in [0.15, 0.2) is 210 Å². The highest BCUT2D eigenvalue weighted by Gasteiger charge is 2.30. The molecule has 0 saturated carbocycles. The van der Waals surface area contributed by atoms with Gasteiger partial charge in [0.25, 0.3) is 17.1 Å². The molecule has 121 heavy (non-hydrogen) atoms. The van der Waals surface area contributed by atoms with E-state index in [-0.39, 0.29) is 70.4 Å². The van der Waals surface area contributed by atoms with Crippen LogP contribution in [0.3, 0.4) is 0 Å². The summed E-state index contributed by atoms with van der Waals surface area (Å²) in [6.07, 6.45) is 6.11. The molecule has 4 aromatic heterocycles. The predicted octanol–water partition coefficient (Wildman–Crippen LogP) is 13.5. The van der Waals surface area contributed by atoms with E-state index >= 15 is 0 Å². The summed E-state index contributed by atoms with van der Waals surface area (Å²) in [5.41, 5.74) is 15.6. The summed E-state index contributed by atoms with van der Waals surface area (Å²) in [6, 6.07) is 49.9. The van der Waals surface area contributed by atoms with Crippen molar-refractivity contribution in [3.05, 3.63) is 322 Å². The van der Waals surface area contributed by atoms with Crippen LogP contribution < -0.4 is 48.5 Å². The Morgan fingerprint density at radius 1 is 0.364 bits per heavy atom. The van der Waals surface area contributed by atoms with Crippen LogP contribution in [0.4, 0.5) is 22.7 Å². The Hall–Kier alpha value is -12.3. The van der Waals surface area contributed by atoms with Gasteiger partial charge in [-0.2, -0.15) is 0 Å². The second-order valence-electron chi connectivity index (χ2n) is 27.5. The molecular weight excluding hydrogens is 1650 g/mol. The number of carbonyl (C=O) groups excluding carboxylic acids is 6. The molecule has 0 aliphatic heterocycles. The molecule has 13 N–H and O–H groups in total. The number of nitrogens with zero attached hydrogens (tertiary/aromatic N) is 7. The molecule has 0 unspecified atom stereocenters. The van der Waals surface area contributed by atoms with E-state index in [0.717, 1.165) is 102 Å². The number of quaternary nitrogens is 1. The van der Waals surface area contributed by atoms with Crippen LogP contribution in [-0.2, 0) is 110 Å². The van der Waals surface area contributed by atoms with Gasteiger partial charge in [-0.15, -0.1) is 45.3 Å². The third kappa shape index (κ3) is 32.4. The molecule has 0 fully saturated rings. The molecule has 0 aliphatic rings. The number of thiazole rings is 4. The zero-order valence-electron chi connectivity index (χ0n) is 67.9. The van der Waals surface area contributed by atoms with Gasteiger partial charge in [0.05, 0.1) is 81.7 Å². The number of nitrogens with two attached hydrogens (primary N) is 1. The highest BCUT2D eigenvalue weighted by atomic mass is 32.2. The number of anilines is 1. The predicted molar refractivity (Wildman–Crippen MR) is 469 cm³/mol. The van der Waals surface area contributed by atoms with Crippen LogP contribution in [-0.4, -0.2) is 101 Å². The maximum absolute atomic E-state index is 13.3. The molecular formula is C85H98N16O15S5. The highest BCUT2D eigenvalue weighted by Crippen LogP contribution is 2.29. The minimum atomic E-state index is -4.62. The van der Waals surface area contributed by atoms with Crippen molar-refractivity contribution >= 4 is 114 Å². The number of non-ortho nitro benzene ring substituents is 3. The van der Waals surface area contributed by atoms with Gasteiger partial charge in [-0.3, -0.25) is 63.8 Å². The fourth-order valence-corrected chi connectivity index (χ4v) is 15.8. The fraction of sp³-hybridized carbons (Fsp3) is 0.294. The lowest BCUT2D eigenvalue weighted by Gasteiger charge is -2.23. The monoisotopic (exact) mass is 1740 g/mol. The topological polar surface area (TPSA) is 487 Å². The Labute approximate surface area is 717 Å². The molecule has 11 aromatic rings. The van der Waals surface area contributed by atoms with Gasteiger partial charge in [0, 0.05) is 104 Å². The first kappa shape index (κ1) is 95.8. The van der Waals surface area contributed by atoms with Crippen LogP contribution >= 0.6 is 45.3 Å². The Kier molecular flexibility index (Phi) is 38.1. The minimum absolute atomic E-state index is 0. The Bertz CT molecular complexity index is 5120. The molecule has 4 heterocycles. The number of nitrogens with one attached hydrogen (secondary N) is 7. The number of nitro groups is 3. The number of amides is 6. The lowest BCUT2D eigenvalue weighted by Crippen LogP contribution is -2.48. The molecule has 0 saturated heterocycles. The van der Waals surface area contributed by atoms with Crippen molar-refractivity contribution in [2.24, 2.45) is 5.73 Å². The highest BCUT2D eigenvalue weighted by molar-refractivity contribution is 7.87. The van der Waals surface area contributed by atoms with Crippen molar-refractivity contribution in [3.8, 4) is 0 Å². The summed E-state index contributed by atoms with van der Waals surface area (Å²) in [5, 5.41) is 61.4. The number of hydrogen-bond acceptors (Lipinski definition) is 24. The number of aromatic nitrogens is 4. The van der Waals surface area contributed by atoms with Crippen molar-refractivity contribution < 1.29 is 56.5 Å². The molecule has 0 spiro atoms. The van der Waals surface area contributed by atoms with E-state index in [1.807, 2.05) is 138 Å². The fourth-order valence-electron chi connectivity index (χ4n) is 12.2. The summed E-state index contributed by atoms with van der Waals surface area (Å²) >= 11 is 6.16. The molecule has 0 radical (unpaired) electrons. The normalized spacial score (nSPS) is 12.5. The molecule has 7 aromatic carbocycles. The van der Waals surface area contributed by atoms with E-state index in [1.54, 1.807) is 59.9 Å². The summed E-state index contributed by atoms with van der Waals surface area (Å²) in [7, 11) is -4.62. The summed E-state index contributed by atoms with van der Waals surface area (Å²) in [5.74, 6) is -1.86. The summed E-state index contributed by atoms with van der Waals surface area (Å²) in [4.78, 5) is 125. The molecule has 0 aliphatic carbocycles. The van der Waals surface area contributed by atoms with Crippen LogP contribution in [0.2, 0.25) is 0 Å². The summed E-state index contributed by atoms with van der Waals surface area (Å²) < 4.78 is 34.7. The number of benzene rings is 7. The zero-order chi connectivity index (χ0) is 86.8. The molecule has 638 valence electrons. The Balaban J connectivity index is 0.000000226. The number of hydrogen-bond donors (Lipinski definition) is 9. The van der Waals surface area contributed by atoms with Gasteiger partial charge >= 0.3 is 0 Å². The average Bonchev–Trinajstić information content (AvgIpc) is 1.79. The third-order valence-corrected chi connectivity index (χ3v) is 22.8. The van der Waals surface area contributed by atoms with Crippen LogP contribution in [0.5, 0.6) is 0 Å². The van der Waals surface area contributed by atoms with Gasteiger partial charge in [0.15, 0.2) is 10.3 Å². The van der Waals surface area contributed by atoms with Gasteiger partial charge < -0.3 is 48.3 Å². The van der Waals surface area contributed by atoms with E-state index in [9.17, 15) is 72.1 Å². The Morgan fingerprint density at radius 2 is 0.603 bits per heavy atom. The second kappa shape index (κ2) is 48.1. The first-order chi connectivity index (χ1) is 57.4. The van der Waals surface area contributed by atoms with Crippen LogP contribution in [0.25, 0.3) is 0 Å². The molecule has 11 rings (SSSR count). The van der Waals surface area contributed by atoms with Crippen molar-refractivity contribution in [1.82, 2.24) is 58.0 Å². The van der Waals surface area contributed by atoms with Crippen LogP contribution in [0, 0.1) is 30.3 Å². The van der Waals surface area contributed by atoms with Gasteiger partial charge in [-0.05, 0) is 102 Å². The minimum Gasteiger partial charge on any atom is -0.731 e. The van der Waals surface area contributed by atoms with Gasteiger partial charge in [0.1, 0.15) is 18.1 Å². The Morgan fingerprint density at radius 3 is 0.843 bits per heavy atom. The average molecular weight is 1740 g/mol. The quantitative estimate of drug-likeness (QED) is 0.0100. The maximum atomic E-state index is 13.3. The van der Waals surface area contributed by atoms with Crippen LogP contribution in [0.1, 0.15) is 154 Å². The lowest BCUT2D eigenvalue weighted by atomic mass is 10.0. The molecule has 36 heteroatoms. The third-order valence-electron chi connectivity index (χ3n) is 18.2. The molecule has 6 amide bonds. The molecule has 0 bridgehead atoms. The van der Waals surface area contributed by atoms with Gasteiger partial charge in [-0.1, -0.05) is 167 Å². The van der Waals surface area contributed by atoms with Crippen molar-refractivity contribution in [2.75, 3.05) is 4.72 Å². The van der Waals surface area contributed by atoms with Gasteiger partial charge in [0.2, 0.25) is 35.4 Å². The van der Waals surface area contributed by atoms with Crippen molar-refractivity contribution in [1.29, 1.82) is 0 Å². The smallest absolute Gasteiger partial charge is 0.269 e. The second-order valence-corrected chi connectivity index (χ2v) is 32.4. The standard InChI is InChI=1S/C24H28N4O5S2.2C24H26N4O4S.C13H15N3O2S.H3N/c1-3-23-26-22(15-34-23)20(13-18-9-11-19(12-10-18)28-35(31,32)33)27-24(30)21(25-16(2)29)14-17-7-5-4-6-8-17;2*1-3-23-26-22(15-33-23)20(13-18-9-11-19(12-10-18)28(31)32)27-24(30)21(25-16(2)29)14-17-7-5-4-6-8-17;1-2-13-15-12(8-19-13)11(14)7-9-3-5-10(6-4-9)16(17)18;/h4-12,15,20-21,28H,3,13-14H2,1-2H3,(H,25,29)(H,27,30)(H,31,32,33);2*4-12,15,20-21H,3,13-14H2,1-2H3,(H,25,29)(H,27,30);3-6,8,11H,2,7,14H2,1H3;1H3/t3*20-,21-;11-;/m0000./s1. The van der Waals surface area contributed by atoms with E-state index in [4.69, 9.17) is 5.73 Å².